The Balaban J connectivity index is 1.83. The standard InChI is InChI=1S/C15H22N6O/c1-9-7-10(2)17-14-12(9)13(16)19-15(20-14)18-11-3-4-21(8-11)5-6-22/h7,11,22H,3-6,8H2,1-2H3,(H3,16,17,18,19,20). The summed E-state index contributed by atoms with van der Waals surface area (Å²) in [5, 5.41) is 13.2. The van der Waals surface area contributed by atoms with Gasteiger partial charge in [0.25, 0.3) is 0 Å². The first-order chi connectivity index (χ1) is 10.6. The molecule has 0 spiro atoms. The average Bonchev–Trinajstić information content (AvgIpc) is 2.85. The number of aliphatic hydroxyl groups excluding tert-OH is 1. The van der Waals surface area contributed by atoms with Crippen LogP contribution in [0.5, 0.6) is 0 Å². The van der Waals surface area contributed by atoms with Crippen LogP contribution >= 0.6 is 0 Å². The lowest BCUT2D eigenvalue weighted by Gasteiger charge is -2.16. The van der Waals surface area contributed by atoms with Gasteiger partial charge in [-0.05, 0) is 31.9 Å². The first kappa shape index (κ1) is 14.9. The number of β-amino-alcohol motifs (C(OH)–C–C–N with tert-alkyl or cyclic N) is 1. The highest BCUT2D eigenvalue weighted by atomic mass is 16.3. The fourth-order valence-corrected chi connectivity index (χ4v) is 3.05. The van der Waals surface area contributed by atoms with Gasteiger partial charge in [0.1, 0.15) is 5.82 Å². The molecule has 7 nitrogen and oxygen atoms in total. The van der Waals surface area contributed by atoms with Gasteiger partial charge in [-0.15, -0.1) is 0 Å². The minimum atomic E-state index is 0.189. The molecule has 1 aliphatic rings. The zero-order valence-corrected chi connectivity index (χ0v) is 13.0. The highest BCUT2D eigenvalue weighted by Gasteiger charge is 2.23. The van der Waals surface area contributed by atoms with Gasteiger partial charge in [0.2, 0.25) is 5.95 Å². The molecular weight excluding hydrogens is 280 g/mol. The number of nitrogens with two attached hydrogens (primary N) is 1. The van der Waals surface area contributed by atoms with Crippen molar-refractivity contribution < 1.29 is 5.11 Å². The molecule has 0 radical (unpaired) electrons. The summed E-state index contributed by atoms with van der Waals surface area (Å²) >= 11 is 0. The maximum absolute atomic E-state index is 9.00. The Kier molecular flexibility index (Phi) is 4.08. The summed E-state index contributed by atoms with van der Waals surface area (Å²) in [6.07, 6.45) is 1.00. The highest BCUT2D eigenvalue weighted by molar-refractivity contribution is 5.89. The van der Waals surface area contributed by atoms with Crippen molar-refractivity contribution in [1.29, 1.82) is 0 Å². The quantitative estimate of drug-likeness (QED) is 0.764. The first-order valence-electron chi connectivity index (χ1n) is 7.58. The van der Waals surface area contributed by atoms with Crippen LogP contribution in [0.1, 0.15) is 17.7 Å². The predicted molar refractivity (Wildman–Crippen MR) is 86.8 cm³/mol. The van der Waals surface area contributed by atoms with E-state index < -0.39 is 0 Å². The number of aliphatic hydroxyl groups is 1. The maximum atomic E-state index is 9.00. The Hall–Kier alpha value is -1.99. The largest absolute Gasteiger partial charge is 0.395 e. The lowest BCUT2D eigenvalue weighted by atomic mass is 10.1. The predicted octanol–water partition coefficient (Wildman–Crippen LogP) is 0.702. The summed E-state index contributed by atoms with van der Waals surface area (Å²) in [6.45, 7) is 6.68. The van der Waals surface area contributed by atoms with E-state index in [1.54, 1.807) is 0 Å². The molecule has 118 valence electrons. The van der Waals surface area contributed by atoms with Gasteiger partial charge in [-0.2, -0.15) is 9.97 Å². The van der Waals surface area contributed by atoms with Gasteiger partial charge in [-0.25, -0.2) is 4.98 Å². The third-order valence-corrected chi connectivity index (χ3v) is 4.04. The van der Waals surface area contributed by atoms with Crippen LogP contribution in [0.2, 0.25) is 0 Å². The Morgan fingerprint density at radius 2 is 2.18 bits per heavy atom. The number of fused-ring (bicyclic) bond motifs is 1. The molecule has 0 aromatic carbocycles. The summed E-state index contributed by atoms with van der Waals surface area (Å²) in [7, 11) is 0. The molecule has 7 heteroatoms. The van der Waals surface area contributed by atoms with Gasteiger partial charge in [0.05, 0.1) is 12.0 Å². The van der Waals surface area contributed by atoms with Crippen LogP contribution in [0.3, 0.4) is 0 Å². The van der Waals surface area contributed by atoms with E-state index in [4.69, 9.17) is 10.8 Å². The summed E-state index contributed by atoms with van der Waals surface area (Å²) in [5.41, 5.74) is 8.68. The van der Waals surface area contributed by atoms with E-state index in [9.17, 15) is 0 Å². The van der Waals surface area contributed by atoms with E-state index in [2.05, 4.69) is 25.2 Å². The molecule has 2 aromatic rings. The van der Waals surface area contributed by atoms with E-state index >= 15 is 0 Å². The summed E-state index contributed by atoms with van der Waals surface area (Å²) < 4.78 is 0. The van der Waals surface area contributed by atoms with Crippen molar-refractivity contribution in [3.8, 4) is 0 Å². The van der Waals surface area contributed by atoms with Crippen LogP contribution < -0.4 is 11.1 Å². The zero-order valence-electron chi connectivity index (χ0n) is 13.0. The van der Waals surface area contributed by atoms with Crippen LogP contribution in [-0.2, 0) is 0 Å². The Labute approximate surface area is 129 Å². The van der Waals surface area contributed by atoms with Crippen LogP contribution in [0, 0.1) is 13.8 Å². The van der Waals surface area contributed by atoms with Crippen LogP contribution in [-0.4, -0.2) is 57.2 Å². The van der Waals surface area contributed by atoms with Gasteiger partial charge < -0.3 is 16.2 Å². The molecule has 0 bridgehead atoms. The number of rotatable bonds is 4. The van der Waals surface area contributed by atoms with Gasteiger partial charge in [0, 0.05) is 31.4 Å². The normalized spacial score (nSPS) is 19.0. The Morgan fingerprint density at radius 3 is 2.95 bits per heavy atom. The SMILES string of the molecule is Cc1cc(C)c2c(N)nc(NC3CCN(CCO)C3)nc2n1. The number of anilines is 2. The minimum absolute atomic E-state index is 0.189. The van der Waals surface area contributed by atoms with Crippen molar-refractivity contribution in [2.45, 2.75) is 26.3 Å². The number of aromatic nitrogens is 3. The van der Waals surface area contributed by atoms with E-state index in [0.717, 1.165) is 36.2 Å². The van der Waals surface area contributed by atoms with Gasteiger partial charge in [0.15, 0.2) is 5.65 Å². The molecule has 1 atom stereocenters. The van der Waals surface area contributed by atoms with E-state index in [1.807, 2.05) is 19.9 Å². The van der Waals surface area contributed by atoms with Crippen molar-refractivity contribution >= 4 is 22.8 Å². The Morgan fingerprint density at radius 1 is 1.36 bits per heavy atom. The minimum Gasteiger partial charge on any atom is -0.395 e. The summed E-state index contributed by atoms with van der Waals surface area (Å²) in [6, 6.07) is 2.26. The molecule has 1 unspecified atom stereocenters. The number of likely N-dealkylation sites (tertiary alicyclic amines) is 1. The number of hydrogen-bond acceptors (Lipinski definition) is 7. The van der Waals surface area contributed by atoms with Crippen molar-refractivity contribution in [2.75, 3.05) is 37.3 Å². The van der Waals surface area contributed by atoms with E-state index in [-0.39, 0.29) is 12.6 Å². The molecule has 3 rings (SSSR count). The second kappa shape index (κ2) is 6.02. The summed E-state index contributed by atoms with van der Waals surface area (Å²) in [5.74, 6) is 0.987. The van der Waals surface area contributed by atoms with Crippen molar-refractivity contribution in [1.82, 2.24) is 19.9 Å². The number of nitrogens with one attached hydrogen (secondary N) is 1. The third kappa shape index (κ3) is 2.95. The molecule has 0 aliphatic carbocycles. The van der Waals surface area contributed by atoms with Crippen LogP contribution in [0.25, 0.3) is 11.0 Å². The molecule has 22 heavy (non-hydrogen) atoms. The second-order valence-corrected chi connectivity index (χ2v) is 5.87. The molecular formula is C15H22N6O. The summed E-state index contributed by atoms with van der Waals surface area (Å²) in [4.78, 5) is 15.6. The number of pyridine rings is 1. The number of hydrogen-bond donors (Lipinski definition) is 3. The number of nitrogens with zero attached hydrogens (tertiary/aromatic N) is 4. The topological polar surface area (TPSA) is 100 Å². The van der Waals surface area contributed by atoms with Crippen molar-refractivity contribution in [3.63, 3.8) is 0 Å². The molecule has 0 amide bonds. The second-order valence-electron chi connectivity index (χ2n) is 5.87. The van der Waals surface area contributed by atoms with E-state index in [1.165, 1.54) is 0 Å². The lowest BCUT2D eigenvalue weighted by Crippen LogP contribution is -2.29. The fraction of sp³-hybridized carbons (Fsp3) is 0.533. The van der Waals surface area contributed by atoms with Crippen molar-refractivity contribution in [2.24, 2.45) is 0 Å². The van der Waals surface area contributed by atoms with Gasteiger partial charge >= 0.3 is 0 Å². The Bertz CT molecular complexity index is 689. The molecule has 1 saturated heterocycles. The monoisotopic (exact) mass is 302 g/mol. The molecule has 2 aromatic heterocycles. The van der Waals surface area contributed by atoms with Crippen LogP contribution in [0.15, 0.2) is 6.07 Å². The number of aryl methyl sites for hydroxylation is 2. The van der Waals surface area contributed by atoms with Gasteiger partial charge in [-0.1, -0.05) is 0 Å². The average molecular weight is 302 g/mol. The zero-order chi connectivity index (χ0) is 15.7. The molecule has 0 saturated carbocycles. The molecule has 1 fully saturated rings. The van der Waals surface area contributed by atoms with Crippen LogP contribution in [0.4, 0.5) is 11.8 Å². The smallest absolute Gasteiger partial charge is 0.226 e. The maximum Gasteiger partial charge on any atom is 0.226 e. The molecule has 1 aliphatic heterocycles. The van der Waals surface area contributed by atoms with E-state index in [0.29, 0.717) is 24.0 Å². The first-order valence-corrected chi connectivity index (χ1v) is 7.58. The highest BCUT2D eigenvalue weighted by Crippen LogP contribution is 2.23. The van der Waals surface area contributed by atoms with Crippen molar-refractivity contribution in [3.05, 3.63) is 17.3 Å². The third-order valence-electron chi connectivity index (χ3n) is 4.04. The van der Waals surface area contributed by atoms with Gasteiger partial charge in [-0.3, -0.25) is 4.90 Å². The molecule has 4 N–H and O–H groups in total. The lowest BCUT2D eigenvalue weighted by molar-refractivity contribution is 0.221. The number of nitrogen functional groups attached to an aromatic ring is 1. The molecule has 3 heterocycles. The fourth-order valence-electron chi connectivity index (χ4n) is 3.05.